The first kappa shape index (κ1) is 17.3. The molecule has 0 radical (unpaired) electrons. The lowest BCUT2D eigenvalue weighted by atomic mass is 9.61. The van der Waals surface area contributed by atoms with E-state index in [0.29, 0.717) is 5.92 Å². The molecule has 2 aliphatic carbocycles. The first-order valence-electron chi connectivity index (χ1n) is 9.43. The van der Waals surface area contributed by atoms with E-state index in [0.717, 1.165) is 5.75 Å². The number of rotatable bonds is 3. The number of allylic oxidation sites excluding steroid dienone is 4. The van der Waals surface area contributed by atoms with E-state index >= 15 is 0 Å². The zero-order chi connectivity index (χ0) is 17.4. The predicted octanol–water partition coefficient (Wildman–Crippen LogP) is 6.25. The molecule has 0 N–H and O–H groups in total. The fourth-order valence-electron chi connectivity index (χ4n) is 4.69. The fraction of sp³-hybridized carbons (Fsp3) is 0.565. The number of benzene rings is 1. The Balaban J connectivity index is 2.23. The van der Waals surface area contributed by atoms with E-state index in [1.807, 2.05) is 7.11 Å². The second-order valence-corrected chi connectivity index (χ2v) is 8.66. The van der Waals surface area contributed by atoms with Crippen molar-refractivity contribution in [2.45, 2.75) is 70.6 Å². The summed E-state index contributed by atoms with van der Waals surface area (Å²) in [5.74, 6) is 1.63. The van der Waals surface area contributed by atoms with Crippen LogP contribution in [-0.2, 0) is 10.8 Å². The van der Waals surface area contributed by atoms with Gasteiger partial charge in [-0.25, -0.2) is 0 Å². The van der Waals surface area contributed by atoms with Gasteiger partial charge in [-0.05, 0) is 25.2 Å². The molecule has 0 bridgehead atoms. The average molecular weight is 325 g/mol. The number of methoxy groups -OCH3 is 1. The van der Waals surface area contributed by atoms with Gasteiger partial charge in [0.05, 0.1) is 7.11 Å². The first-order chi connectivity index (χ1) is 11.4. The fourth-order valence-corrected chi connectivity index (χ4v) is 4.69. The van der Waals surface area contributed by atoms with Crippen LogP contribution in [0.2, 0.25) is 0 Å². The number of aryl methyl sites for hydroxylation is 1. The van der Waals surface area contributed by atoms with Gasteiger partial charge in [-0.15, -0.1) is 0 Å². The average Bonchev–Trinajstić information content (AvgIpc) is 3.09. The van der Waals surface area contributed by atoms with Crippen molar-refractivity contribution in [3.05, 3.63) is 53.1 Å². The minimum atomic E-state index is 0.0866. The van der Waals surface area contributed by atoms with Crippen molar-refractivity contribution in [3.8, 4) is 5.75 Å². The lowest BCUT2D eigenvalue weighted by molar-refractivity contribution is 0.243. The van der Waals surface area contributed by atoms with E-state index in [1.54, 1.807) is 0 Å². The summed E-state index contributed by atoms with van der Waals surface area (Å²) in [6.45, 7) is 9.10. The SMILES string of the molecule is COc1c(C(C)(C)C)cc(C)cc1C1(C2C=CC=C2)CCCCC1. The van der Waals surface area contributed by atoms with E-state index in [-0.39, 0.29) is 10.8 Å². The van der Waals surface area contributed by atoms with Crippen LogP contribution in [0, 0.1) is 12.8 Å². The summed E-state index contributed by atoms with van der Waals surface area (Å²) in [5.41, 5.74) is 4.42. The third-order valence-electron chi connectivity index (χ3n) is 5.91. The second kappa shape index (κ2) is 6.43. The molecule has 2 aliphatic rings. The third kappa shape index (κ3) is 2.94. The van der Waals surface area contributed by atoms with Gasteiger partial charge in [0, 0.05) is 22.5 Å². The third-order valence-corrected chi connectivity index (χ3v) is 5.91. The van der Waals surface area contributed by atoms with Crippen molar-refractivity contribution in [2.75, 3.05) is 7.11 Å². The van der Waals surface area contributed by atoms with Crippen LogP contribution in [0.4, 0.5) is 0 Å². The van der Waals surface area contributed by atoms with Crippen molar-refractivity contribution >= 4 is 0 Å². The first-order valence-corrected chi connectivity index (χ1v) is 9.43. The normalized spacial score (nSPS) is 20.5. The molecule has 1 heteroatoms. The molecule has 1 fully saturated rings. The van der Waals surface area contributed by atoms with Crippen LogP contribution < -0.4 is 4.74 Å². The summed E-state index contributed by atoms with van der Waals surface area (Å²) in [5, 5.41) is 0. The molecule has 0 saturated heterocycles. The molecule has 0 unspecified atom stereocenters. The van der Waals surface area contributed by atoms with Crippen molar-refractivity contribution in [1.82, 2.24) is 0 Å². The highest BCUT2D eigenvalue weighted by atomic mass is 16.5. The Hall–Kier alpha value is -1.50. The topological polar surface area (TPSA) is 9.23 Å². The van der Waals surface area contributed by atoms with E-state index in [1.165, 1.54) is 48.8 Å². The van der Waals surface area contributed by atoms with Gasteiger partial charge in [0.1, 0.15) is 5.75 Å². The van der Waals surface area contributed by atoms with Crippen LogP contribution in [0.15, 0.2) is 36.4 Å². The maximum Gasteiger partial charge on any atom is 0.126 e. The van der Waals surface area contributed by atoms with Crippen LogP contribution in [-0.4, -0.2) is 7.11 Å². The monoisotopic (exact) mass is 324 g/mol. The molecule has 1 aromatic carbocycles. The molecule has 24 heavy (non-hydrogen) atoms. The maximum atomic E-state index is 6.05. The highest BCUT2D eigenvalue weighted by Crippen LogP contribution is 2.52. The minimum Gasteiger partial charge on any atom is -0.496 e. The molecule has 1 nitrogen and oxygen atoms in total. The van der Waals surface area contributed by atoms with E-state index in [2.05, 4.69) is 64.1 Å². The smallest absolute Gasteiger partial charge is 0.126 e. The highest BCUT2D eigenvalue weighted by molar-refractivity contribution is 5.53. The molecule has 3 rings (SSSR count). The van der Waals surface area contributed by atoms with Gasteiger partial charge in [-0.1, -0.05) is 82.0 Å². The van der Waals surface area contributed by atoms with Gasteiger partial charge in [0.15, 0.2) is 0 Å². The zero-order valence-corrected chi connectivity index (χ0v) is 16.0. The number of ether oxygens (including phenoxy) is 1. The second-order valence-electron chi connectivity index (χ2n) is 8.66. The quantitative estimate of drug-likeness (QED) is 0.639. The zero-order valence-electron chi connectivity index (χ0n) is 16.0. The highest BCUT2D eigenvalue weighted by Gasteiger charge is 2.42. The van der Waals surface area contributed by atoms with Crippen molar-refractivity contribution < 1.29 is 4.74 Å². The van der Waals surface area contributed by atoms with Crippen LogP contribution in [0.5, 0.6) is 5.75 Å². The summed E-state index contributed by atoms with van der Waals surface area (Å²) in [6.07, 6.45) is 15.7. The number of hydrogen-bond donors (Lipinski definition) is 0. The number of hydrogen-bond acceptors (Lipinski definition) is 1. The molecule has 0 heterocycles. The Labute approximate surface area is 147 Å². The van der Waals surface area contributed by atoms with Gasteiger partial charge in [0.2, 0.25) is 0 Å². The molecule has 0 atom stereocenters. The van der Waals surface area contributed by atoms with Gasteiger partial charge >= 0.3 is 0 Å². The van der Waals surface area contributed by atoms with Crippen molar-refractivity contribution in [3.63, 3.8) is 0 Å². The molecule has 0 spiro atoms. The summed E-state index contributed by atoms with van der Waals surface area (Å²) in [4.78, 5) is 0. The summed E-state index contributed by atoms with van der Waals surface area (Å²) in [7, 11) is 1.85. The lowest BCUT2D eigenvalue weighted by Crippen LogP contribution is -2.36. The largest absolute Gasteiger partial charge is 0.496 e. The Bertz CT molecular complexity index is 639. The maximum absolute atomic E-state index is 6.05. The van der Waals surface area contributed by atoms with Gasteiger partial charge < -0.3 is 4.74 Å². The van der Waals surface area contributed by atoms with Crippen molar-refractivity contribution in [1.29, 1.82) is 0 Å². The molecule has 0 aromatic heterocycles. The summed E-state index contributed by atoms with van der Waals surface area (Å²) in [6, 6.07) is 4.72. The van der Waals surface area contributed by atoms with Gasteiger partial charge in [-0.2, -0.15) is 0 Å². The van der Waals surface area contributed by atoms with Crippen LogP contribution in [0.1, 0.15) is 69.6 Å². The Morgan fingerprint density at radius 1 is 1.00 bits per heavy atom. The summed E-state index contributed by atoms with van der Waals surface area (Å²) >= 11 is 0. The van der Waals surface area contributed by atoms with E-state index < -0.39 is 0 Å². The Kier molecular flexibility index (Phi) is 4.64. The Morgan fingerprint density at radius 3 is 2.17 bits per heavy atom. The lowest BCUT2D eigenvalue weighted by Gasteiger charge is -2.43. The molecule has 1 aromatic rings. The minimum absolute atomic E-state index is 0.0866. The molecule has 1 saturated carbocycles. The van der Waals surface area contributed by atoms with E-state index in [9.17, 15) is 0 Å². The molecule has 0 aliphatic heterocycles. The van der Waals surface area contributed by atoms with E-state index in [4.69, 9.17) is 4.74 Å². The van der Waals surface area contributed by atoms with Crippen LogP contribution in [0.3, 0.4) is 0 Å². The molecular weight excluding hydrogens is 292 g/mol. The van der Waals surface area contributed by atoms with Gasteiger partial charge in [-0.3, -0.25) is 0 Å². The van der Waals surface area contributed by atoms with Crippen molar-refractivity contribution in [2.24, 2.45) is 5.92 Å². The van der Waals surface area contributed by atoms with Crippen LogP contribution >= 0.6 is 0 Å². The molecule has 0 amide bonds. The summed E-state index contributed by atoms with van der Waals surface area (Å²) < 4.78 is 6.05. The molecular formula is C23H32O. The van der Waals surface area contributed by atoms with Gasteiger partial charge in [0.25, 0.3) is 0 Å². The Morgan fingerprint density at radius 2 is 1.62 bits per heavy atom. The van der Waals surface area contributed by atoms with Crippen LogP contribution in [0.25, 0.3) is 0 Å². The predicted molar refractivity (Wildman–Crippen MR) is 103 cm³/mol. The molecule has 130 valence electrons. The standard InChI is InChI=1S/C23H32O/c1-17-15-19(22(2,3)4)21(24-5)20(16-17)23(13-9-6-10-14-23)18-11-7-8-12-18/h7-8,11-12,15-16,18H,6,9-10,13-14H2,1-5H3.